The Kier molecular flexibility index (Phi) is 3.21. The quantitative estimate of drug-likeness (QED) is 0.805. The predicted octanol–water partition coefficient (Wildman–Crippen LogP) is 2.93. The Labute approximate surface area is 124 Å². The van der Waals surface area contributed by atoms with Crippen LogP contribution in [0.15, 0.2) is 33.2 Å². The molecule has 1 amide bonds. The van der Waals surface area contributed by atoms with Gasteiger partial charge in [-0.3, -0.25) is 10.2 Å². The number of carbonyl (C=O) groups is 1. The molecule has 3 rings (SSSR count). The highest BCUT2D eigenvalue weighted by Gasteiger charge is 2.46. The Balaban J connectivity index is 1.99. The topological polar surface area (TPSA) is 68.9 Å². The van der Waals surface area contributed by atoms with Crippen molar-refractivity contribution >= 4 is 51.1 Å². The van der Waals surface area contributed by atoms with Crippen LogP contribution in [-0.4, -0.2) is 33.1 Å². The van der Waals surface area contributed by atoms with Crippen LogP contribution < -0.4 is 0 Å². The Morgan fingerprint density at radius 3 is 2.76 bits per heavy atom. The van der Waals surface area contributed by atoms with E-state index in [2.05, 4.69) is 10.1 Å². The molecular formula is C11H5F3N4OS2. The van der Waals surface area contributed by atoms with Gasteiger partial charge in [-0.2, -0.15) is 28.3 Å². The molecule has 108 valence electrons. The smallest absolute Gasteiger partial charge is 0.282 e. The number of amidine groups is 2. The van der Waals surface area contributed by atoms with Gasteiger partial charge in [0, 0.05) is 4.88 Å². The maximum atomic E-state index is 12.6. The summed E-state index contributed by atoms with van der Waals surface area (Å²) in [5, 5.41) is 12.3. The van der Waals surface area contributed by atoms with Crippen molar-refractivity contribution in [2.24, 2.45) is 10.1 Å². The van der Waals surface area contributed by atoms with Crippen LogP contribution in [0, 0.1) is 5.41 Å². The molecule has 1 aromatic heterocycles. The number of nitrogens with zero attached hydrogens (tertiary/aromatic N) is 3. The first-order valence-corrected chi connectivity index (χ1v) is 7.17. The van der Waals surface area contributed by atoms with E-state index >= 15 is 0 Å². The fraction of sp³-hybridized carbons (Fsp3) is 0.0909. The molecule has 0 saturated heterocycles. The number of hydrogen-bond acceptors (Lipinski definition) is 5. The third-order valence-corrected chi connectivity index (χ3v) is 4.30. The number of hydrazone groups is 1. The van der Waals surface area contributed by atoms with Gasteiger partial charge in [-0.1, -0.05) is 6.07 Å². The van der Waals surface area contributed by atoms with Crippen LogP contribution in [0.1, 0.15) is 4.88 Å². The van der Waals surface area contributed by atoms with E-state index in [4.69, 9.17) is 5.41 Å². The zero-order valence-electron chi connectivity index (χ0n) is 10.0. The van der Waals surface area contributed by atoms with Gasteiger partial charge in [-0.05, 0) is 29.3 Å². The number of amides is 1. The van der Waals surface area contributed by atoms with E-state index < -0.39 is 23.0 Å². The summed E-state index contributed by atoms with van der Waals surface area (Å²) in [4.78, 5) is 16.1. The monoisotopic (exact) mass is 330 g/mol. The predicted molar refractivity (Wildman–Crippen MR) is 75.4 cm³/mol. The number of nitrogens with one attached hydrogen (secondary N) is 1. The molecule has 0 radical (unpaired) electrons. The molecule has 0 spiro atoms. The summed E-state index contributed by atoms with van der Waals surface area (Å²) >= 11 is 1.57. The number of fused-ring (bicyclic) bond motifs is 1. The fourth-order valence-corrected chi connectivity index (χ4v) is 3.04. The lowest BCUT2D eigenvalue weighted by molar-refractivity contribution is -0.114. The van der Waals surface area contributed by atoms with Crippen molar-refractivity contribution in [3.8, 4) is 0 Å². The van der Waals surface area contributed by atoms with E-state index in [1.165, 1.54) is 17.4 Å². The van der Waals surface area contributed by atoms with Crippen LogP contribution in [0.2, 0.25) is 0 Å². The molecule has 0 unspecified atom stereocenters. The molecule has 3 heterocycles. The Morgan fingerprint density at radius 1 is 1.38 bits per heavy atom. The molecule has 10 heteroatoms. The summed E-state index contributed by atoms with van der Waals surface area (Å²) < 4.78 is 37.9. The van der Waals surface area contributed by atoms with Crippen molar-refractivity contribution in [2.45, 2.75) is 6.18 Å². The molecule has 0 aromatic carbocycles. The van der Waals surface area contributed by atoms with Gasteiger partial charge in [0.25, 0.3) is 5.91 Å². The summed E-state index contributed by atoms with van der Waals surface area (Å²) in [5.41, 5.74) is -0.0889. The number of rotatable bonds is 1. The maximum absolute atomic E-state index is 12.6. The second kappa shape index (κ2) is 4.81. The first-order chi connectivity index (χ1) is 9.86. The average Bonchev–Trinajstić information content (AvgIpc) is 3.02. The summed E-state index contributed by atoms with van der Waals surface area (Å²) in [6.45, 7) is 0. The Morgan fingerprint density at radius 2 is 2.14 bits per heavy atom. The third-order valence-electron chi connectivity index (χ3n) is 2.53. The van der Waals surface area contributed by atoms with Crippen molar-refractivity contribution < 1.29 is 18.0 Å². The lowest BCUT2D eigenvalue weighted by Gasteiger charge is -2.19. The van der Waals surface area contributed by atoms with Gasteiger partial charge in [0.05, 0.1) is 5.57 Å². The molecule has 0 fully saturated rings. The zero-order valence-corrected chi connectivity index (χ0v) is 11.6. The first-order valence-electron chi connectivity index (χ1n) is 5.47. The number of carbonyl (C=O) groups excluding carboxylic acids is 1. The van der Waals surface area contributed by atoms with Crippen LogP contribution in [0.25, 0.3) is 6.08 Å². The summed E-state index contributed by atoms with van der Waals surface area (Å²) in [7, 11) is 0. The van der Waals surface area contributed by atoms with Crippen molar-refractivity contribution in [1.29, 1.82) is 5.41 Å². The molecule has 2 aliphatic rings. The van der Waals surface area contributed by atoms with E-state index in [0.29, 0.717) is 4.88 Å². The molecule has 0 aliphatic carbocycles. The van der Waals surface area contributed by atoms with E-state index in [9.17, 15) is 18.0 Å². The molecule has 2 aliphatic heterocycles. The normalized spacial score (nSPS) is 20.7. The molecule has 0 atom stereocenters. The van der Waals surface area contributed by atoms with E-state index in [-0.39, 0.29) is 22.5 Å². The van der Waals surface area contributed by atoms with Gasteiger partial charge in [0.2, 0.25) is 10.2 Å². The van der Waals surface area contributed by atoms with E-state index in [1.54, 1.807) is 17.5 Å². The van der Waals surface area contributed by atoms with Gasteiger partial charge in [0.15, 0.2) is 5.84 Å². The number of thiophene rings is 1. The highest BCUT2D eigenvalue weighted by molar-refractivity contribution is 8.27. The van der Waals surface area contributed by atoms with Gasteiger partial charge in [-0.15, -0.1) is 11.3 Å². The molecule has 1 aromatic rings. The highest BCUT2D eigenvalue weighted by Crippen LogP contribution is 2.35. The molecular weight excluding hydrogens is 325 g/mol. The zero-order chi connectivity index (χ0) is 15.2. The largest absolute Gasteiger partial charge is 0.441 e. The minimum Gasteiger partial charge on any atom is -0.282 e. The van der Waals surface area contributed by atoms with Crippen LogP contribution in [-0.2, 0) is 4.79 Å². The van der Waals surface area contributed by atoms with Crippen molar-refractivity contribution in [3.63, 3.8) is 0 Å². The highest BCUT2D eigenvalue weighted by atomic mass is 32.2. The molecule has 0 bridgehead atoms. The van der Waals surface area contributed by atoms with Crippen molar-refractivity contribution in [1.82, 2.24) is 5.01 Å². The fourth-order valence-electron chi connectivity index (χ4n) is 1.62. The number of alkyl halides is 3. The molecule has 5 nitrogen and oxygen atoms in total. The van der Waals surface area contributed by atoms with Crippen molar-refractivity contribution in [2.75, 3.05) is 0 Å². The van der Waals surface area contributed by atoms with Crippen molar-refractivity contribution in [3.05, 3.63) is 28.0 Å². The Hall–Kier alpha value is -1.94. The second-order valence-corrected chi connectivity index (χ2v) is 5.87. The van der Waals surface area contributed by atoms with E-state index in [0.717, 1.165) is 5.01 Å². The van der Waals surface area contributed by atoms with Gasteiger partial charge in [-0.25, -0.2) is 0 Å². The SMILES string of the molecule is N=C1/C(=C\c2cccs2)C(=O)N=C2SC(C(F)(F)F)=NN12. The average molecular weight is 330 g/mol. The molecule has 1 N–H and O–H groups in total. The second-order valence-electron chi connectivity index (χ2n) is 3.94. The molecule has 0 saturated carbocycles. The Bertz CT molecular complexity index is 718. The van der Waals surface area contributed by atoms with Gasteiger partial charge >= 0.3 is 6.18 Å². The lowest BCUT2D eigenvalue weighted by atomic mass is 10.1. The number of halogens is 3. The maximum Gasteiger partial charge on any atom is 0.441 e. The minimum atomic E-state index is -4.63. The van der Waals surface area contributed by atoms with Gasteiger partial charge in [0.1, 0.15) is 0 Å². The summed E-state index contributed by atoms with van der Waals surface area (Å²) in [5.74, 6) is -1.16. The summed E-state index contributed by atoms with van der Waals surface area (Å²) in [6.07, 6.45) is -3.22. The van der Waals surface area contributed by atoms with E-state index in [1.807, 2.05) is 0 Å². The van der Waals surface area contributed by atoms with Crippen LogP contribution >= 0.6 is 23.1 Å². The number of hydrogen-bond donors (Lipinski definition) is 1. The third kappa shape index (κ3) is 2.51. The standard InChI is InChI=1S/C11H5F3N4OS2/c12-11(13,14)9-17-18-7(15)6(4-5-2-1-3-20-5)8(19)16-10(18)21-9/h1-4,15H/b6-4+,15-7?. The van der Waals surface area contributed by atoms with Crippen LogP contribution in [0.4, 0.5) is 13.2 Å². The summed E-state index contributed by atoms with van der Waals surface area (Å²) in [6, 6.07) is 3.48. The van der Waals surface area contributed by atoms with Crippen LogP contribution in [0.3, 0.4) is 0 Å². The first kappa shape index (κ1) is 14.0. The molecule has 21 heavy (non-hydrogen) atoms. The number of thioether (sulfide) groups is 1. The van der Waals surface area contributed by atoms with Crippen LogP contribution in [0.5, 0.6) is 0 Å². The van der Waals surface area contributed by atoms with Gasteiger partial charge < -0.3 is 0 Å². The lowest BCUT2D eigenvalue weighted by Crippen LogP contribution is -2.35. The number of aliphatic imine (C=N–C) groups is 1. The minimum absolute atomic E-state index is 0.0889.